The maximum atomic E-state index is 14.9. The smallest absolute Gasteiger partial charge is 0.338 e. The number of esters is 1. The van der Waals surface area contributed by atoms with Gasteiger partial charge in [0.2, 0.25) is 47.3 Å². The Morgan fingerprint density at radius 2 is 1.64 bits per heavy atom. The zero-order valence-corrected chi connectivity index (χ0v) is 39.1. The number of hydrogen-bond acceptors (Lipinski definition) is 14. The van der Waals surface area contributed by atoms with Crippen LogP contribution in [0.3, 0.4) is 0 Å². The molecule has 7 atom stereocenters. The van der Waals surface area contributed by atoms with Crippen LogP contribution in [0.4, 0.5) is 4.39 Å². The van der Waals surface area contributed by atoms with Crippen molar-refractivity contribution in [3.05, 3.63) is 46.4 Å². The Morgan fingerprint density at radius 1 is 0.955 bits per heavy atom. The first-order valence-electron chi connectivity index (χ1n) is 22.2. The summed E-state index contributed by atoms with van der Waals surface area (Å²) in [6.07, 6.45) is 5.41. The first-order valence-corrected chi connectivity index (χ1v) is 23.5. The highest BCUT2D eigenvalue weighted by atomic mass is 32.2. The topological polar surface area (TPSA) is 272 Å². The van der Waals surface area contributed by atoms with Gasteiger partial charge in [-0.3, -0.25) is 43.3 Å². The largest absolute Gasteiger partial charge is 0.463 e. The highest BCUT2D eigenvalue weighted by molar-refractivity contribution is 8.00. The molecule has 67 heavy (non-hydrogen) atoms. The molecule has 0 bridgehead atoms. The van der Waals surface area contributed by atoms with Crippen molar-refractivity contribution in [2.45, 2.75) is 115 Å². The lowest BCUT2D eigenvalue weighted by molar-refractivity contribution is -0.190. The number of carbonyl (C=O) groups is 9. The van der Waals surface area contributed by atoms with Crippen LogP contribution in [-0.4, -0.2) is 135 Å². The molecule has 3 unspecified atom stereocenters. The van der Waals surface area contributed by atoms with E-state index in [1.165, 1.54) is 48.4 Å². The molecule has 4 aliphatic heterocycles. The fraction of sp³-hybridized carbons (Fsp3) is 0.556. The average molecular weight is 953 g/mol. The molecule has 362 valence electrons. The molecule has 2 saturated heterocycles. The zero-order valence-electron chi connectivity index (χ0n) is 38.2. The summed E-state index contributed by atoms with van der Waals surface area (Å²) >= 11 is 1.35. The second kappa shape index (κ2) is 21.3. The number of aliphatic hydroxyl groups is 1. The van der Waals surface area contributed by atoms with Crippen LogP contribution in [0.2, 0.25) is 0 Å². The number of fused-ring (bicyclic) bond motifs is 5. The van der Waals surface area contributed by atoms with Crippen LogP contribution >= 0.6 is 11.8 Å². The van der Waals surface area contributed by atoms with Crippen molar-refractivity contribution in [1.82, 2.24) is 41.4 Å². The van der Waals surface area contributed by atoms with E-state index < -0.39 is 84.3 Å². The second-order valence-electron chi connectivity index (χ2n) is 17.2. The predicted octanol–water partition coefficient (Wildman–Crippen LogP) is 0.581. The van der Waals surface area contributed by atoms with E-state index in [1.807, 2.05) is 0 Å². The van der Waals surface area contributed by atoms with Gasteiger partial charge in [-0.15, -0.1) is 0 Å². The van der Waals surface area contributed by atoms with Crippen LogP contribution in [-0.2, 0) is 65.7 Å². The molecular formula is C45H57FN8O12S. The number of carbonyl (C=O) groups excluding carboxylic acids is 9. The van der Waals surface area contributed by atoms with Gasteiger partial charge >= 0.3 is 5.97 Å². The van der Waals surface area contributed by atoms with Gasteiger partial charge in [0.15, 0.2) is 5.60 Å². The number of rotatable bonds is 20. The van der Waals surface area contributed by atoms with Gasteiger partial charge in [0.05, 0.1) is 34.6 Å². The normalized spacial score (nSPS) is 22.2. The SMILES string of the molecule is CC[C@@]1(O)C(=O)OCC2C(=O)N3Cc4c(nc5cc(F)c(C)cc5c4CNC(=O)COCNC(=O)[C@H](C)NC(=O)[C@H](C)NC(=O)[C@H](C)NC(=O)CCCCCN4C(=O)CC(SC)C4=O)C3=CC21. The zero-order chi connectivity index (χ0) is 48.9. The number of likely N-dealkylation sites (tertiary alicyclic amines) is 1. The number of nitrogens with zero attached hydrogens (tertiary/aromatic N) is 3. The summed E-state index contributed by atoms with van der Waals surface area (Å²) in [6.45, 7) is 6.72. The average Bonchev–Trinajstić information content (AvgIpc) is 3.80. The first-order chi connectivity index (χ1) is 31.8. The number of thioether (sulfide) groups is 1. The van der Waals surface area contributed by atoms with E-state index in [0.29, 0.717) is 59.3 Å². The second-order valence-corrected chi connectivity index (χ2v) is 18.2. The summed E-state index contributed by atoms with van der Waals surface area (Å²) < 4.78 is 25.4. The number of aryl methyl sites for hydroxylation is 1. The van der Waals surface area contributed by atoms with Gasteiger partial charge in [0.1, 0.15) is 43.9 Å². The Balaban J connectivity index is 0.930. The van der Waals surface area contributed by atoms with Crippen LogP contribution in [0.25, 0.3) is 16.6 Å². The van der Waals surface area contributed by atoms with E-state index in [1.54, 1.807) is 32.2 Å². The maximum absolute atomic E-state index is 14.9. The van der Waals surface area contributed by atoms with E-state index in [4.69, 9.17) is 14.5 Å². The quantitative estimate of drug-likeness (QED) is 0.0459. The fourth-order valence-corrected chi connectivity index (χ4v) is 9.20. The predicted molar refractivity (Wildman–Crippen MR) is 239 cm³/mol. The summed E-state index contributed by atoms with van der Waals surface area (Å²) in [6, 6.07) is -0.238. The van der Waals surface area contributed by atoms with Crippen LogP contribution in [0.5, 0.6) is 0 Å². The molecule has 0 spiro atoms. The fourth-order valence-electron chi connectivity index (χ4n) is 8.56. The highest BCUT2D eigenvalue weighted by Crippen LogP contribution is 2.47. The van der Waals surface area contributed by atoms with Gasteiger partial charge < -0.3 is 46.1 Å². The van der Waals surface area contributed by atoms with E-state index >= 15 is 0 Å². The lowest BCUT2D eigenvalue weighted by atomic mass is 9.72. The Hall–Kier alpha value is -6.00. The van der Waals surface area contributed by atoms with Crippen molar-refractivity contribution in [3.8, 4) is 0 Å². The molecule has 22 heteroatoms. The Kier molecular flexibility index (Phi) is 16.0. The monoisotopic (exact) mass is 952 g/mol. The number of benzene rings is 1. The number of nitrogens with one attached hydrogen (secondary N) is 5. The lowest BCUT2D eigenvalue weighted by Crippen LogP contribution is -2.58. The molecule has 1 aromatic carbocycles. The number of aromatic nitrogens is 1. The number of cyclic esters (lactones) is 1. The van der Waals surface area contributed by atoms with Crippen molar-refractivity contribution in [2.75, 3.05) is 32.7 Å². The lowest BCUT2D eigenvalue weighted by Gasteiger charge is -2.44. The summed E-state index contributed by atoms with van der Waals surface area (Å²) in [4.78, 5) is 122. The van der Waals surface area contributed by atoms with Crippen LogP contribution in [0, 0.1) is 24.6 Å². The van der Waals surface area contributed by atoms with Gasteiger partial charge in [-0.1, -0.05) is 19.4 Å². The van der Waals surface area contributed by atoms with Crippen LogP contribution in [0.15, 0.2) is 18.2 Å². The van der Waals surface area contributed by atoms with E-state index in [0.717, 1.165) is 0 Å². The van der Waals surface area contributed by atoms with Crippen molar-refractivity contribution < 1.29 is 62.1 Å². The third kappa shape index (κ3) is 10.9. The number of amides is 8. The third-order valence-electron chi connectivity index (χ3n) is 12.6. The number of ether oxygens (including phenoxy) is 2. The molecule has 8 amide bonds. The standard InChI is InChI=1S/C45H57FN8O12S/c1-7-45(64)30-14-33-38-28(18-54(33)42(61)29(30)19-66-44(45)63)27(26-13-22(2)31(46)15-32(26)52-38)17-47-36(56)20-65-21-48-39(58)23(3)50-41(60)25(5)51-40(59)24(4)49-35(55)11-9-8-10-12-53-37(57)16-34(67-6)43(53)62/h13-15,23-25,29-30,34,64H,7-12,16-21H2,1-6H3,(H,47,56)(H,48,58)(H,49,55)(H,50,60)(H,51,59)/t23-,24-,25-,29?,30?,34?,45-/m0/s1. The molecule has 2 fully saturated rings. The Bertz CT molecular complexity index is 2400. The first kappa shape index (κ1) is 50.4. The van der Waals surface area contributed by atoms with Crippen molar-refractivity contribution in [1.29, 1.82) is 0 Å². The molecule has 6 rings (SSSR count). The molecule has 5 heterocycles. The number of halogens is 1. The van der Waals surface area contributed by atoms with Crippen LogP contribution < -0.4 is 26.6 Å². The van der Waals surface area contributed by atoms with Gasteiger partial charge in [-0.05, 0) is 70.4 Å². The molecule has 20 nitrogen and oxygen atoms in total. The summed E-state index contributed by atoms with van der Waals surface area (Å²) in [7, 11) is 0. The minimum atomic E-state index is -1.92. The molecule has 6 N–H and O–H groups in total. The van der Waals surface area contributed by atoms with Gasteiger partial charge in [-0.2, -0.15) is 11.8 Å². The molecule has 1 aromatic heterocycles. The minimum absolute atomic E-state index is 0.0109. The molecule has 0 saturated carbocycles. The minimum Gasteiger partial charge on any atom is -0.463 e. The Morgan fingerprint density at radius 3 is 2.31 bits per heavy atom. The number of hydrogen-bond donors (Lipinski definition) is 6. The van der Waals surface area contributed by atoms with Crippen LogP contribution in [0.1, 0.15) is 88.6 Å². The van der Waals surface area contributed by atoms with Crippen molar-refractivity contribution in [2.24, 2.45) is 11.8 Å². The van der Waals surface area contributed by atoms with Crippen molar-refractivity contribution in [3.63, 3.8) is 0 Å². The molecule has 0 radical (unpaired) electrons. The van der Waals surface area contributed by atoms with E-state index in [-0.39, 0.29) is 73.4 Å². The third-order valence-corrected chi connectivity index (χ3v) is 13.6. The molecule has 0 aliphatic carbocycles. The van der Waals surface area contributed by atoms with Gasteiger partial charge in [0.25, 0.3) is 0 Å². The highest BCUT2D eigenvalue weighted by Gasteiger charge is 2.56. The van der Waals surface area contributed by atoms with E-state index in [9.17, 15) is 52.6 Å². The van der Waals surface area contributed by atoms with Crippen molar-refractivity contribution >= 4 is 81.6 Å². The summed E-state index contributed by atoms with van der Waals surface area (Å²) in [5, 5.41) is 24.3. The van der Waals surface area contributed by atoms with Gasteiger partial charge in [-0.25, -0.2) is 14.2 Å². The summed E-state index contributed by atoms with van der Waals surface area (Å²) in [5.74, 6) is -6.65. The number of unbranched alkanes of at least 4 members (excludes halogenated alkanes) is 2. The van der Waals surface area contributed by atoms with Gasteiger partial charge in [0, 0.05) is 48.9 Å². The number of pyridine rings is 1. The molecular weight excluding hydrogens is 896 g/mol. The summed E-state index contributed by atoms with van der Waals surface area (Å²) in [5.41, 5.74) is 0.584. The molecule has 2 aromatic rings. The Labute approximate surface area is 390 Å². The maximum Gasteiger partial charge on any atom is 0.338 e. The number of imide groups is 1. The molecule has 4 aliphatic rings. The van der Waals surface area contributed by atoms with E-state index in [2.05, 4.69) is 26.6 Å².